The molecule has 0 bridgehead atoms. The van der Waals surface area contributed by atoms with Crippen molar-refractivity contribution < 1.29 is 44.1 Å². The monoisotopic (exact) mass is 817 g/mol. The average Bonchev–Trinajstić information content (AvgIpc) is 3.14. The molecule has 13 heteroatoms. The molecule has 0 aromatic carbocycles. The van der Waals surface area contributed by atoms with Gasteiger partial charge in [-0.05, 0) is 64.2 Å². The fourth-order valence-electron chi connectivity index (χ4n) is 6.02. The number of nitrogens with one attached hydrogen (secondary N) is 2. The minimum atomic E-state index is -1.35. The third-order valence-electron chi connectivity index (χ3n) is 9.38. The standard InChI is InChI=1S/C22H40N2O4.C22H39NO5.Na/c1-2-3-4-5-6-7-8-9-10-11-12-13-14-15-16-17-21(26)24-19(22(27)28)18-20(23)25;1-2-3-4-5-6-7-8-9-10-11-12-13-14-15-16-17-20(24)23-19(22(27)28)18-21(25)26;/h9-10,19H,2-8,11-18H2,1H3,(H2,23,25)(H,24,26)(H,27,28);9-10,19H,2-8,11-18H2,1H3,(H,23,24)(H,25,26)(H,27,28);/t2*19-;/m00./s1. The number of primary amides is 1. The zero-order valence-corrected chi connectivity index (χ0v) is 38.0. The van der Waals surface area contributed by atoms with Crippen LogP contribution < -0.4 is 16.4 Å². The van der Waals surface area contributed by atoms with Crippen LogP contribution in [0.5, 0.6) is 0 Å². The van der Waals surface area contributed by atoms with Crippen LogP contribution in [0.4, 0.5) is 0 Å². The van der Waals surface area contributed by atoms with E-state index >= 15 is 0 Å². The van der Waals surface area contributed by atoms with E-state index in [4.69, 9.17) is 21.1 Å². The number of nitrogens with two attached hydrogens (primary N) is 1. The topological polar surface area (TPSA) is 213 Å². The van der Waals surface area contributed by atoms with Gasteiger partial charge in [-0.2, -0.15) is 0 Å². The van der Waals surface area contributed by atoms with Crippen LogP contribution in [0.2, 0.25) is 0 Å². The minimum absolute atomic E-state index is 0. The van der Waals surface area contributed by atoms with Gasteiger partial charge in [0, 0.05) is 42.4 Å². The molecule has 1 radical (unpaired) electrons. The van der Waals surface area contributed by atoms with Crippen LogP contribution in [0.1, 0.15) is 206 Å². The quantitative estimate of drug-likeness (QED) is 0.0199. The van der Waals surface area contributed by atoms with Crippen molar-refractivity contribution in [2.75, 3.05) is 0 Å². The maximum atomic E-state index is 11.7. The van der Waals surface area contributed by atoms with Crippen molar-refractivity contribution in [1.82, 2.24) is 10.6 Å². The molecule has 7 N–H and O–H groups in total. The largest absolute Gasteiger partial charge is 0.481 e. The Labute approximate surface area is 366 Å². The molecule has 0 spiro atoms. The van der Waals surface area contributed by atoms with Crippen molar-refractivity contribution in [3.63, 3.8) is 0 Å². The SMILES string of the molecule is CCCCCCCCC=CCCCCCCCC(=O)N[C@@H](CC(=O)O)C(=O)O.CCCCCCCCC=CCCCCCCCC(=O)N[C@@H](CC(N)=O)C(=O)O.[Na]. The molecular formula is C44H79N3NaO9. The number of allylic oxidation sites excluding steroid dienone is 4. The Bertz CT molecular complexity index is 1020. The van der Waals surface area contributed by atoms with Gasteiger partial charge >= 0.3 is 17.9 Å². The molecule has 0 aliphatic rings. The number of carboxylic acid groups (broad SMARTS) is 3. The second-order valence-electron chi connectivity index (χ2n) is 14.9. The zero-order chi connectivity index (χ0) is 42.1. The zero-order valence-electron chi connectivity index (χ0n) is 36.0. The van der Waals surface area contributed by atoms with Gasteiger partial charge in [0.05, 0.1) is 12.8 Å². The Morgan fingerprint density at radius 3 is 1.02 bits per heavy atom. The number of hydrogen-bond acceptors (Lipinski definition) is 6. The van der Waals surface area contributed by atoms with E-state index in [0.29, 0.717) is 6.42 Å². The minimum Gasteiger partial charge on any atom is -0.481 e. The fourth-order valence-corrected chi connectivity index (χ4v) is 6.02. The summed E-state index contributed by atoms with van der Waals surface area (Å²) in [5.74, 6) is -5.28. The summed E-state index contributed by atoms with van der Waals surface area (Å²) in [4.78, 5) is 66.7. The Balaban J connectivity index is -0.00000101. The molecule has 3 amide bonds. The van der Waals surface area contributed by atoms with Crippen LogP contribution in [-0.2, 0) is 28.8 Å². The summed E-state index contributed by atoms with van der Waals surface area (Å²) in [6.07, 6.45) is 39.3. The van der Waals surface area contributed by atoms with Crippen molar-refractivity contribution >= 4 is 65.2 Å². The molecule has 325 valence electrons. The van der Waals surface area contributed by atoms with E-state index in [1.165, 1.54) is 96.3 Å². The average molecular weight is 817 g/mol. The number of carbonyl (C=O) groups excluding carboxylic acids is 3. The van der Waals surface area contributed by atoms with Gasteiger partial charge in [-0.15, -0.1) is 0 Å². The van der Waals surface area contributed by atoms with Crippen molar-refractivity contribution in [2.24, 2.45) is 5.73 Å². The van der Waals surface area contributed by atoms with Crippen molar-refractivity contribution in [2.45, 2.75) is 219 Å². The first kappa shape index (κ1) is 58.6. The van der Waals surface area contributed by atoms with E-state index in [1.54, 1.807) is 0 Å². The first-order chi connectivity index (χ1) is 26.9. The van der Waals surface area contributed by atoms with E-state index in [0.717, 1.165) is 64.2 Å². The van der Waals surface area contributed by atoms with Crippen LogP contribution in [0.15, 0.2) is 24.3 Å². The Hall–Kier alpha value is -2.70. The van der Waals surface area contributed by atoms with Gasteiger partial charge < -0.3 is 31.7 Å². The van der Waals surface area contributed by atoms with E-state index in [9.17, 15) is 28.8 Å². The molecule has 0 aliphatic heterocycles. The molecule has 0 aromatic rings. The third-order valence-corrected chi connectivity index (χ3v) is 9.38. The van der Waals surface area contributed by atoms with E-state index in [2.05, 4.69) is 48.8 Å². The summed E-state index contributed by atoms with van der Waals surface area (Å²) >= 11 is 0. The molecule has 0 saturated carbocycles. The molecule has 0 aromatic heterocycles. The van der Waals surface area contributed by atoms with Crippen molar-refractivity contribution in [1.29, 1.82) is 0 Å². The second kappa shape index (κ2) is 44.4. The maximum absolute atomic E-state index is 11.7. The normalized spacial score (nSPS) is 12.0. The smallest absolute Gasteiger partial charge is 0.326 e. The number of unbranched alkanes of at least 4 members (excludes halogenated alkanes) is 22. The number of rotatable bonds is 38. The van der Waals surface area contributed by atoms with Crippen molar-refractivity contribution in [3.05, 3.63) is 24.3 Å². The maximum Gasteiger partial charge on any atom is 0.326 e. The molecule has 12 nitrogen and oxygen atoms in total. The number of hydrogen-bond donors (Lipinski definition) is 6. The molecular weight excluding hydrogens is 737 g/mol. The first-order valence-electron chi connectivity index (χ1n) is 21.8. The van der Waals surface area contributed by atoms with Crippen LogP contribution in [0, 0.1) is 0 Å². The Kier molecular flexibility index (Phi) is 45.7. The predicted octanol–water partition coefficient (Wildman–Crippen LogP) is 9.16. The van der Waals surface area contributed by atoms with E-state index in [1.807, 2.05) is 0 Å². The number of amides is 3. The van der Waals surface area contributed by atoms with Crippen molar-refractivity contribution in [3.8, 4) is 0 Å². The Morgan fingerprint density at radius 1 is 0.456 bits per heavy atom. The number of carboxylic acids is 3. The van der Waals surface area contributed by atoms with Crippen LogP contribution in [0.3, 0.4) is 0 Å². The number of aliphatic carboxylic acids is 3. The van der Waals surface area contributed by atoms with Gasteiger partial charge in [-0.25, -0.2) is 9.59 Å². The molecule has 2 atom stereocenters. The van der Waals surface area contributed by atoms with Gasteiger partial charge in [-0.3, -0.25) is 19.2 Å². The molecule has 0 fully saturated rings. The van der Waals surface area contributed by atoms with Gasteiger partial charge in [0.1, 0.15) is 12.1 Å². The molecule has 0 rings (SSSR count). The van der Waals surface area contributed by atoms with Crippen LogP contribution >= 0.6 is 0 Å². The van der Waals surface area contributed by atoms with E-state index < -0.39 is 48.2 Å². The third kappa shape index (κ3) is 45.9. The number of carbonyl (C=O) groups is 6. The summed E-state index contributed by atoms with van der Waals surface area (Å²) in [7, 11) is 0. The van der Waals surface area contributed by atoms with Crippen LogP contribution in [0.25, 0.3) is 0 Å². The molecule has 0 aliphatic carbocycles. The van der Waals surface area contributed by atoms with Gasteiger partial charge in [0.25, 0.3) is 0 Å². The fraction of sp³-hybridized carbons (Fsp3) is 0.773. The van der Waals surface area contributed by atoms with Crippen LogP contribution in [-0.4, -0.2) is 92.6 Å². The summed E-state index contributed by atoms with van der Waals surface area (Å²) in [5.41, 5.74) is 4.98. The first-order valence-corrected chi connectivity index (χ1v) is 21.8. The molecule has 57 heavy (non-hydrogen) atoms. The molecule has 0 heterocycles. The second-order valence-corrected chi connectivity index (χ2v) is 14.9. The predicted molar refractivity (Wildman–Crippen MR) is 230 cm³/mol. The summed E-state index contributed by atoms with van der Waals surface area (Å²) < 4.78 is 0. The van der Waals surface area contributed by atoms with E-state index in [-0.39, 0.29) is 54.7 Å². The molecule has 0 unspecified atom stereocenters. The molecule has 0 saturated heterocycles. The summed E-state index contributed by atoms with van der Waals surface area (Å²) in [6, 6.07) is -2.58. The van der Waals surface area contributed by atoms with Gasteiger partial charge in [-0.1, -0.05) is 141 Å². The summed E-state index contributed by atoms with van der Waals surface area (Å²) in [6.45, 7) is 4.48. The van der Waals surface area contributed by atoms with Gasteiger partial charge in [0.15, 0.2) is 0 Å². The van der Waals surface area contributed by atoms with Gasteiger partial charge in [0.2, 0.25) is 17.7 Å². The Morgan fingerprint density at radius 2 is 0.737 bits per heavy atom. The summed E-state index contributed by atoms with van der Waals surface area (Å²) in [5, 5.41) is 31.1.